The molecule has 39 heavy (non-hydrogen) atoms. The van der Waals surface area contributed by atoms with Crippen LogP contribution in [0.3, 0.4) is 0 Å². The zero-order chi connectivity index (χ0) is 26.4. The van der Waals surface area contributed by atoms with Crippen molar-refractivity contribution in [1.29, 1.82) is 0 Å². The summed E-state index contributed by atoms with van der Waals surface area (Å²) < 4.78 is 0. The highest BCUT2D eigenvalue weighted by Gasteiger charge is 2.23. The van der Waals surface area contributed by atoms with E-state index in [2.05, 4.69) is 171 Å². The van der Waals surface area contributed by atoms with Gasteiger partial charge < -0.3 is 0 Å². The lowest BCUT2D eigenvalue weighted by Crippen LogP contribution is -2.10. The van der Waals surface area contributed by atoms with Gasteiger partial charge in [0.1, 0.15) is 0 Å². The summed E-state index contributed by atoms with van der Waals surface area (Å²) in [5.41, 5.74) is 11.5. The van der Waals surface area contributed by atoms with Crippen molar-refractivity contribution in [2.45, 2.75) is 18.8 Å². The average molecular weight is 501 g/mol. The molecule has 0 aromatic heterocycles. The van der Waals surface area contributed by atoms with Crippen LogP contribution in [0.25, 0.3) is 33.4 Å². The van der Waals surface area contributed by atoms with Gasteiger partial charge in [0.25, 0.3) is 0 Å². The van der Waals surface area contributed by atoms with E-state index >= 15 is 0 Å². The van der Waals surface area contributed by atoms with Gasteiger partial charge in [0.05, 0.1) is 0 Å². The van der Waals surface area contributed by atoms with Crippen molar-refractivity contribution < 1.29 is 0 Å². The molecule has 0 nitrogen and oxygen atoms in total. The lowest BCUT2D eigenvalue weighted by Gasteiger charge is -2.26. The minimum absolute atomic E-state index is 0.238. The highest BCUT2D eigenvalue weighted by molar-refractivity contribution is 5.66. The predicted molar refractivity (Wildman–Crippen MR) is 166 cm³/mol. The van der Waals surface area contributed by atoms with Gasteiger partial charge in [-0.15, -0.1) is 0 Å². The van der Waals surface area contributed by atoms with E-state index in [1.807, 2.05) is 0 Å². The molecule has 0 fully saturated rings. The highest BCUT2D eigenvalue weighted by atomic mass is 14.3. The Morgan fingerprint density at radius 1 is 0.282 bits per heavy atom. The fourth-order valence-corrected chi connectivity index (χ4v) is 5.60. The Bertz CT molecular complexity index is 1510. The van der Waals surface area contributed by atoms with E-state index in [9.17, 15) is 0 Å². The largest absolute Gasteiger partial charge is 0.0622 e. The molecule has 0 aliphatic heterocycles. The molecule has 188 valence electrons. The van der Waals surface area contributed by atoms with E-state index in [-0.39, 0.29) is 5.92 Å². The van der Waals surface area contributed by atoms with Gasteiger partial charge >= 0.3 is 0 Å². The Hall–Kier alpha value is -4.68. The van der Waals surface area contributed by atoms with Gasteiger partial charge in [0.2, 0.25) is 0 Å². The molecule has 1 atom stereocenters. The van der Waals surface area contributed by atoms with E-state index in [1.54, 1.807) is 0 Å². The molecule has 0 radical (unpaired) electrons. The van der Waals surface area contributed by atoms with Crippen molar-refractivity contribution in [1.82, 2.24) is 0 Å². The van der Waals surface area contributed by atoms with Gasteiger partial charge in [0.15, 0.2) is 0 Å². The van der Waals surface area contributed by atoms with Gasteiger partial charge in [-0.05, 0) is 56.0 Å². The molecule has 0 amide bonds. The molecule has 0 bridgehead atoms. The molecule has 0 aliphatic carbocycles. The molecule has 6 aromatic rings. The van der Waals surface area contributed by atoms with Crippen LogP contribution < -0.4 is 0 Å². The molecule has 0 heteroatoms. The smallest absolute Gasteiger partial charge is 0.0155 e. The fourth-order valence-electron chi connectivity index (χ4n) is 5.60. The lowest BCUT2D eigenvalue weighted by molar-refractivity contribution is 0.658. The van der Waals surface area contributed by atoms with Crippen LogP contribution in [0.2, 0.25) is 0 Å². The van der Waals surface area contributed by atoms with Gasteiger partial charge in [-0.2, -0.15) is 0 Å². The first-order valence-corrected chi connectivity index (χ1v) is 13.7. The fraction of sp³-hybridized carbons (Fsp3) is 0.0769. The van der Waals surface area contributed by atoms with Crippen LogP contribution in [0.1, 0.15) is 35.4 Å². The lowest BCUT2D eigenvalue weighted by atomic mass is 9.77. The minimum Gasteiger partial charge on any atom is -0.0622 e. The van der Waals surface area contributed by atoms with Crippen LogP contribution in [0.5, 0.6) is 0 Å². The summed E-state index contributed by atoms with van der Waals surface area (Å²) >= 11 is 0. The van der Waals surface area contributed by atoms with E-state index in [0.29, 0.717) is 5.92 Å². The Morgan fingerprint density at radius 2 is 0.538 bits per heavy atom. The van der Waals surface area contributed by atoms with Gasteiger partial charge in [-0.1, -0.05) is 171 Å². The molecule has 6 rings (SSSR count). The van der Waals surface area contributed by atoms with E-state index in [0.717, 1.165) is 0 Å². The standard InChI is InChI=1S/C39H32/c1-29(30-17-19-34(20-18-30)31-11-5-2-6-12-31)39(37-25-21-35(22-26-37)32-13-7-3-8-14-32)38-27-23-36(24-28-38)33-15-9-4-10-16-33/h2-29,39H,1H3. The highest BCUT2D eigenvalue weighted by Crippen LogP contribution is 2.40. The summed E-state index contributed by atoms with van der Waals surface area (Å²) in [6.07, 6.45) is 0. The summed E-state index contributed by atoms with van der Waals surface area (Å²) in [5.74, 6) is 0.544. The first kappa shape index (κ1) is 24.6. The average Bonchev–Trinajstić information content (AvgIpc) is 3.03. The van der Waals surface area contributed by atoms with E-state index in [4.69, 9.17) is 0 Å². The van der Waals surface area contributed by atoms with Crippen molar-refractivity contribution >= 4 is 0 Å². The third-order valence-electron chi connectivity index (χ3n) is 7.80. The van der Waals surface area contributed by atoms with E-state index < -0.39 is 0 Å². The molecule has 0 saturated heterocycles. The SMILES string of the molecule is CC(c1ccc(-c2ccccc2)cc1)C(c1ccc(-c2ccccc2)cc1)c1ccc(-c2ccccc2)cc1. The minimum atomic E-state index is 0.238. The molecule has 0 heterocycles. The summed E-state index contributed by atoms with van der Waals surface area (Å²) in [5, 5.41) is 0. The molecule has 1 unspecified atom stereocenters. The molecule has 0 saturated carbocycles. The number of hydrogen-bond donors (Lipinski definition) is 0. The Balaban J connectivity index is 1.36. The van der Waals surface area contributed by atoms with Crippen LogP contribution in [-0.4, -0.2) is 0 Å². The normalized spacial score (nSPS) is 11.8. The second kappa shape index (κ2) is 11.4. The Kier molecular flexibility index (Phi) is 7.19. The topological polar surface area (TPSA) is 0 Å². The van der Waals surface area contributed by atoms with Gasteiger partial charge in [-0.3, -0.25) is 0 Å². The van der Waals surface area contributed by atoms with Crippen LogP contribution in [-0.2, 0) is 0 Å². The third-order valence-corrected chi connectivity index (χ3v) is 7.80. The summed E-state index contributed by atoms with van der Waals surface area (Å²) in [7, 11) is 0. The Labute approximate surface area is 232 Å². The number of rotatable bonds is 7. The maximum atomic E-state index is 2.36. The van der Waals surface area contributed by atoms with Crippen molar-refractivity contribution in [2.75, 3.05) is 0 Å². The van der Waals surface area contributed by atoms with Crippen LogP contribution in [0.15, 0.2) is 164 Å². The monoisotopic (exact) mass is 500 g/mol. The molecule has 0 N–H and O–H groups in total. The predicted octanol–water partition coefficient (Wildman–Crippen LogP) is 10.6. The molecule has 6 aromatic carbocycles. The quantitative estimate of drug-likeness (QED) is 0.204. The van der Waals surface area contributed by atoms with Crippen LogP contribution in [0.4, 0.5) is 0 Å². The zero-order valence-electron chi connectivity index (χ0n) is 22.2. The zero-order valence-corrected chi connectivity index (χ0v) is 22.2. The molecule has 0 spiro atoms. The Morgan fingerprint density at radius 3 is 0.846 bits per heavy atom. The summed E-state index contributed by atoms with van der Waals surface area (Å²) in [4.78, 5) is 0. The number of benzene rings is 6. The first-order chi connectivity index (χ1) is 19.3. The van der Waals surface area contributed by atoms with Gasteiger partial charge in [-0.25, -0.2) is 0 Å². The van der Waals surface area contributed by atoms with Crippen LogP contribution >= 0.6 is 0 Å². The van der Waals surface area contributed by atoms with Crippen LogP contribution in [0, 0.1) is 0 Å². The van der Waals surface area contributed by atoms with Crippen molar-refractivity contribution in [3.8, 4) is 33.4 Å². The first-order valence-electron chi connectivity index (χ1n) is 13.7. The maximum Gasteiger partial charge on any atom is 0.0155 e. The van der Waals surface area contributed by atoms with Gasteiger partial charge in [0, 0.05) is 5.92 Å². The van der Waals surface area contributed by atoms with E-state index in [1.165, 1.54) is 50.1 Å². The summed E-state index contributed by atoms with van der Waals surface area (Å²) in [6.45, 7) is 2.36. The summed E-state index contributed by atoms with van der Waals surface area (Å²) in [6, 6.07) is 59.3. The third kappa shape index (κ3) is 5.47. The maximum absolute atomic E-state index is 2.36. The molecule has 0 aliphatic rings. The molecular formula is C39H32. The molecular weight excluding hydrogens is 468 g/mol. The van der Waals surface area contributed by atoms with Crippen molar-refractivity contribution in [3.63, 3.8) is 0 Å². The second-order valence-electron chi connectivity index (χ2n) is 10.2. The second-order valence-corrected chi connectivity index (χ2v) is 10.2. The number of hydrogen-bond acceptors (Lipinski definition) is 0. The van der Waals surface area contributed by atoms with Crippen molar-refractivity contribution in [2.24, 2.45) is 0 Å². The van der Waals surface area contributed by atoms with Crippen molar-refractivity contribution in [3.05, 3.63) is 180 Å².